The molecule has 0 fully saturated rings. The average molecular weight is 229 g/mol. The number of rotatable bonds is 5. The fraction of sp³-hybridized carbons (Fsp3) is 0.923. The second kappa shape index (κ2) is 5.67. The summed E-state index contributed by atoms with van der Waals surface area (Å²) in [7, 11) is 2.04. The lowest BCUT2D eigenvalue weighted by atomic mass is 9.91. The van der Waals surface area contributed by atoms with Crippen molar-refractivity contribution in [2.24, 2.45) is 5.41 Å². The van der Waals surface area contributed by atoms with Gasteiger partial charge in [-0.2, -0.15) is 0 Å². The minimum atomic E-state index is -0.361. The largest absolute Gasteiger partial charge is 0.464 e. The fourth-order valence-corrected chi connectivity index (χ4v) is 0.950. The number of ether oxygens (including phenoxy) is 1. The van der Waals surface area contributed by atoms with E-state index in [1.807, 2.05) is 27.8 Å². The molecule has 0 amide bonds. The monoisotopic (exact) mass is 229 g/mol. The Morgan fingerprint density at radius 2 is 1.69 bits per heavy atom. The number of hydrogen-bond donors (Lipinski definition) is 0. The molecule has 0 radical (unpaired) electrons. The second-order valence-electron chi connectivity index (χ2n) is 5.97. The summed E-state index contributed by atoms with van der Waals surface area (Å²) in [6.45, 7) is 13.5. The van der Waals surface area contributed by atoms with Gasteiger partial charge in [-0.3, -0.25) is 9.69 Å². The highest BCUT2D eigenvalue weighted by Crippen LogP contribution is 2.21. The Balaban J connectivity index is 3.97. The molecular weight excluding hydrogens is 202 g/mol. The molecule has 0 N–H and O–H groups in total. The van der Waals surface area contributed by atoms with E-state index in [0.717, 1.165) is 13.0 Å². The van der Waals surface area contributed by atoms with Crippen LogP contribution in [0.2, 0.25) is 0 Å². The Labute approximate surface area is 100 Å². The van der Waals surface area contributed by atoms with Gasteiger partial charge >= 0.3 is 5.97 Å². The van der Waals surface area contributed by atoms with Crippen molar-refractivity contribution in [2.75, 3.05) is 20.2 Å². The Bertz CT molecular complexity index is 229. The number of likely N-dealkylation sites (N-methyl/N-ethyl adjacent to an activating group) is 1. The third kappa shape index (κ3) is 4.97. The van der Waals surface area contributed by atoms with Crippen LogP contribution < -0.4 is 0 Å². The van der Waals surface area contributed by atoms with Crippen molar-refractivity contribution in [3.63, 3.8) is 0 Å². The summed E-state index contributed by atoms with van der Waals surface area (Å²) in [5.41, 5.74) is -0.243. The predicted octanol–water partition coefficient (Wildman–Crippen LogP) is 2.70. The normalized spacial score (nSPS) is 13.0. The van der Waals surface area contributed by atoms with Crippen LogP contribution in [0.25, 0.3) is 0 Å². The minimum absolute atomic E-state index is 0.0997. The molecule has 3 nitrogen and oxygen atoms in total. The SMILES string of the molecule is CCC(C)(C)C(=O)OCCN(C)C(C)(C)C. The van der Waals surface area contributed by atoms with Crippen molar-refractivity contribution in [2.45, 2.75) is 53.5 Å². The zero-order chi connectivity index (χ0) is 13.0. The van der Waals surface area contributed by atoms with E-state index >= 15 is 0 Å². The van der Waals surface area contributed by atoms with Gasteiger partial charge in [-0.1, -0.05) is 6.92 Å². The third-order valence-corrected chi connectivity index (χ3v) is 3.24. The van der Waals surface area contributed by atoms with Gasteiger partial charge in [0.05, 0.1) is 5.41 Å². The lowest BCUT2D eigenvalue weighted by Crippen LogP contribution is -2.40. The first kappa shape index (κ1) is 15.4. The van der Waals surface area contributed by atoms with Crippen LogP contribution >= 0.6 is 0 Å². The Morgan fingerprint density at radius 3 is 2.06 bits per heavy atom. The zero-order valence-corrected chi connectivity index (χ0v) is 11.9. The van der Waals surface area contributed by atoms with E-state index in [1.54, 1.807) is 0 Å². The minimum Gasteiger partial charge on any atom is -0.464 e. The molecule has 0 heterocycles. The van der Waals surface area contributed by atoms with Gasteiger partial charge < -0.3 is 4.74 Å². The van der Waals surface area contributed by atoms with E-state index in [-0.39, 0.29) is 16.9 Å². The van der Waals surface area contributed by atoms with Gasteiger partial charge in [-0.15, -0.1) is 0 Å². The van der Waals surface area contributed by atoms with Gasteiger partial charge in [0.25, 0.3) is 0 Å². The molecule has 0 saturated carbocycles. The number of hydrogen-bond acceptors (Lipinski definition) is 3. The molecule has 0 aliphatic heterocycles. The molecule has 16 heavy (non-hydrogen) atoms. The molecule has 0 saturated heterocycles. The molecular formula is C13H27NO2. The average Bonchev–Trinajstić information content (AvgIpc) is 2.15. The first-order valence-corrected chi connectivity index (χ1v) is 5.99. The van der Waals surface area contributed by atoms with E-state index in [2.05, 4.69) is 25.7 Å². The quantitative estimate of drug-likeness (QED) is 0.679. The summed E-state index contributed by atoms with van der Waals surface area (Å²) in [4.78, 5) is 13.9. The summed E-state index contributed by atoms with van der Waals surface area (Å²) in [5, 5.41) is 0. The molecule has 0 bridgehead atoms. The summed E-state index contributed by atoms with van der Waals surface area (Å²) in [6.07, 6.45) is 0.806. The van der Waals surface area contributed by atoms with Crippen LogP contribution in [0.3, 0.4) is 0 Å². The van der Waals surface area contributed by atoms with Crippen LogP contribution in [0.5, 0.6) is 0 Å². The maximum atomic E-state index is 11.7. The summed E-state index contributed by atoms with van der Waals surface area (Å²) in [6, 6.07) is 0. The number of carbonyl (C=O) groups excluding carboxylic acids is 1. The molecule has 96 valence electrons. The third-order valence-electron chi connectivity index (χ3n) is 3.24. The van der Waals surface area contributed by atoms with Crippen molar-refractivity contribution in [1.82, 2.24) is 4.90 Å². The van der Waals surface area contributed by atoms with Crippen LogP contribution in [0.15, 0.2) is 0 Å². The summed E-state index contributed by atoms with van der Waals surface area (Å²) in [5.74, 6) is -0.0997. The Morgan fingerprint density at radius 1 is 1.19 bits per heavy atom. The van der Waals surface area contributed by atoms with Crippen LogP contribution in [0.1, 0.15) is 48.0 Å². The molecule has 0 atom stereocenters. The van der Waals surface area contributed by atoms with Crippen molar-refractivity contribution in [3.05, 3.63) is 0 Å². The topological polar surface area (TPSA) is 29.5 Å². The van der Waals surface area contributed by atoms with Crippen molar-refractivity contribution in [1.29, 1.82) is 0 Å². The molecule has 0 aromatic rings. The van der Waals surface area contributed by atoms with Crippen molar-refractivity contribution in [3.8, 4) is 0 Å². The molecule has 0 unspecified atom stereocenters. The number of esters is 1. The molecule has 3 heteroatoms. The fourth-order valence-electron chi connectivity index (χ4n) is 0.950. The summed E-state index contributed by atoms with van der Waals surface area (Å²) < 4.78 is 5.28. The molecule has 0 aliphatic rings. The first-order valence-electron chi connectivity index (χ1n) is 5.99. The van der Waals surface area contributed by atoms with E-state index in [1.165, 1.54) is 0 Å². The molecule has 0 spiro atoms. The highest BCUT2D eigenvalue weighted by molar-refractivity contribution is 5.75. The molecule has 0 aliphatic carbocycles. The standard InChI is InChI=1S/C13H27NO2/c1-8-13(5,6)11(15)16-10-9-14(7)12(2,3)4/h8-10H2,1-7H3. The van der Waals surface area contributed by atoms with Crippen LogP contribution in [0, 0.1) is 5.41 Å². The van der Waals surface area contributed by atoms with E-state index in [4.69, 9.17) is 4.74 Å². The maximum absolute atomic E-state index is 11.7. The lowest BCUT2D eigenvalue weighted by molar-refractivity contribution is -0.154. The number of nitrogens with zero attached hydrogens (tertiary/aromatic N) is 1. The van der Waals surface area contributed by atoms with Gasteiger partial charge in [0.15, 0.2) is 0 Å². The second-order valence-corrected chi connectivity index (χ2v) is 5.97. The Hall–Kier alpha value is -0.570. The molecule has 0 rings (SSSR count). The van der Waals surface area contributed by atoms with Crippen molar-refractivity contribution < 1.29 is 9.53 Å². The van der Waals surface area contributed by atoms with Gasteiger partial charge in [-0.25, -0.2) is 0 Å². The van der Waals surface area contributed by atoms with E-state index < -0.39 is 0 Å². The predicted molar refractivity (Wildman–Crippen MR) is 67.4 cm³/mol. The Kier molecular flexibility index (Phi) is 5.47. The maximum Gasteiger partial charge on any atom is 0.311 e. The van der Waals surface area contributed by atoms with E-state index in [9.17, 15) is 4.79 Å². The highest BCUT2D eigenvalue weighted by atomic mass is 16.5. The van der Waals surface area contributed by atoms with E-state index in [0.29, 0.717) is 6.61 Å². The summed E-state index contributed by atoms with van der Waals surface area (Å²) >= 11 is 0. The zero-order valence-electron chi connectivity index (χ0n) is 11.9. The smallest absolute Gasteiger partial charge is 0.311 e. The molecule has 0 aromatic heterocycles. The van der Waals surface area contributed by atoms with Crippen LogP contribution in [0.4, 0.5) is 0 Å². The first-order chi connectivity index (χ1) is 7.11. The van der Waals surface area contributed by atoms with Gasteiger partial charge in [0.1, 0.15) is 6.61 Å². The highest BCUT2D eigenvalue weighted by Gasteiger charge is 2.27. The van der Waals surface area contributed by atoms with Crippen LogP contribution in [-0.4, -0.2) is 36.6 Å². The lowest BCUT2D eigenvalue weighted by Gasteiger charge is -2.32. The van der Waals surface area contributed by atoms with Crippen molar-refractivity contribution >= 4 is 5.97 Å². The van der Waals surface area contributed by atoms with Gasteiger partial charge in [-0.05, 0) is 48.1 Å². The number of carbonyl (C=O) groups is 1. The van der Waals surface area contributed by atoms with Crippen LogP contribution in [-0.2, 0) is 9.53 Å². The molecule has 0 aromatic carbocycles. The van der Waals surface area contributed by atoms with Gasteiger partial charge in [0, 0.05) is 12.1 Å². The van der Waals surface area contributed by atoms with Gasteiger partial charge in [0.2, 0.25) is 0 Å².